The highest BCUT2D eigenvalue weighted by molar-refractivity contribution is 5.80. The minimum atomic E-state index is -0.649. The van der Waals surface area contributed by atoms with E-state index in [1.165, 1.54) is 0 Å². The summed E-state index contributed by atoms with van der Waals surface area (Å²) >= 11 is 0. The zero-order valence-corrected chi connectivity index (χ0v) is 25.9. The molecule has 0 saturated carbocycles. The fourth-order valence-electron chi connectivity index (χ4n) is 5.87. The largest absolute Gasteiger partial charge is 0.497 e. The molecule has 0 bridgehead atoms. The predicted octanol–water partition coefficient (Wildman–Crippen LogP) is 4.55. The third-order valence-electron chi connectivity index (χ3n) is 8.15. The highest BCUT2D eigenvalue weighted by atomic mass is 17.1. The molecule has 1 fully saturated rings. The quantitative estimate of drug-likeness (QED) is 0.148. The Kier molecular flexibility index (Phi) is 12.6. The molecule has 0 radical (unpaired) electrons. The maximum absolute atomic E-state index is 13.9. The number of benzene rings is 2. The average Bonchev–Trinajstić information content (AvgIpc) is 3.65. The molecule has 12 heteroatoms. The Balaban J connectivity index is 1.67. The van der Waals surface area contributed by atoms with Gasteiger partial charge in [-0.2, -0.15) is 0 Å². The van der Waals surface area contributed by atoms with Gasteiger partial charge >= 0.3 is 5.97 Å². The molecule has 242 valence electrons. The van der Waals surface area contributed by atoms with Gasteiger partial charge in [0.25, 0.3) is 0 Å². The summed E-state index contributed by atoms with van der Waals surface area (Å²) in [5.74, 6) is 0.621. The number of unbranched alkanes of at least 4 members (excludes halogenated alkanes) is 2. The van der Waals surface area contributed by atoms with Crippen molar-refractivity contribution >= 4 is 11.9 Å². The number of likely N-dealkylation sites (tertiary alicyclic amines) is 1. The lowest BCUT2D eigenvalue weighted by atomic mass is 9.82. The smallest absolute Gasteiger partial charge is 0.311 e. The first-order valence-corrected chi connectivity index (χ1v) is 15.4. The number of hydrogen-bond donors (Lipinski definition) is 2. The van der Waals surface area contributed by atoms with Gasteiger partial charge in [0.2, 0.25) is 12.7 Å². The lowest BCUT2D eigenvalue weighted by molar-refractivity contribution is -0.492. The van der Waals surface area contributed by atoms with Gasteiger partial charge in [0, 0.05) is 38.0 Å². The number of amides is 1. The van der Waals surface area contributed by atoms with Gasteiger partial charge in [-0.3, -0.25) is 29.7 Å². The third-order valence-corrected chi connectivity index (χ3v) is 8.15. The lowest BCUT2D eigenvalue weighted by Crippen LogP contribution is -2.42. The molecule has 0 aliphatic carbocycles. The molecule has 1 saturated heterocycles. The van der Waals surface area contributed by atoms with Crippen molar-refractivity contribution in [1.82, 2.24) is 15.2 Å². The lowest BCUT2D eigenvalue weighted by Gasteiger charge is -2.30. The first-order chi connectivity index (χ1) is 21.4. The Labute approximate surface area is 258 Å². The molecule has 4 rings (SSSR count). The Morgan fingerprint density at radius 3 is 2.27 bits per heavy atom. The molecule has 2 aromatic rings. The van der Waals surface area contributed by atoms with E-state index < -0.39 is 17.9 Å². The van der Waals surface area contributed by atoms with E-state index in [1.807, 2.05) is 47.4 Å². The summed E-state index contributed by atoms with van der Waals surface area (Å²) in [5, 5.41) is 17.2. The zero-order valence-electron chi connectivity index (χ0n) is 25.9. The molecule has 2 aromatic carbocycles. The summed E-state index contributed by atoms with van der Waals surface area (Å²) < 4.78 is 22.3. The summed E-state index contributed by atoms with van der Waals surface area (Å²) in [6.07, 6.45) is 4.10. The highest BCUT2D eigenvalue weighted by Crippen LogP contribution is 2.48. The molecule has 2 N–H and O–H groups in total. The van der Waals surface area contributed by atoms with Crippen LogP contribution in [0.2, 0.25) is 0 Å². The van der Waals surface area contributed by atoms with Crippen molar-refractivity contribution in [3.63, 3.8) is 0 Å². The molecule has 2 unspecified atom stereocenters. The van der Waals surface area contributed by atoms with Crippen LogP contribution in [0.4, 0.5) is 0 Å². The van der Waals surface area contributed by atoms with Gasteiger partial charge in [-0.15, -0.1) is 0 Å². The van der Waals surface area contributed by atoms with Crippen LogP contribution in [0, 0.1) is 5.92 Å². The Morgan fingerprint density at radius 1 is 0.932 bits per heavy atom. The van der Waals surface area contributed by atoms with Gasteiger partial charge in [0.15, 0.2) is 11.5 Å². The fourth-order valence-corrected chi connectivity index (χ4v) is 5.87. The van der Waals surface area contributed by atoms with E-state index in [9.17, 15) is 9.59 Å². The van der Waals surface area contributed by atoms with Crippen LogP contribution < -0.4 is 14.2 Å². The highest BCUT2D eigenvalue weighted by Gasteiger charge is 2.49. The van der Waals surface area contributed by atoms with Crippen LogP contribution in [-0.4, -0.2) is 90.8 Å². The van der Waals surface area contributed by atoms with Crippen molar-refractivity contribution in [2.24, 2.45) is 5.92 Å². The van der Waals surface area contributed by atoms with E-state index in [4.69, 9.17) is 29.4 Å². The van der Waals surface area contributed by atoms with E-state index in [-0.39, 0.29) is 50.2 Å². The summed E-state index contributed by atoms with van der Waals surface area (Å²) in [6, 6.07) is 12.8. The van der Waals surface area contributed by atoms with E-state index in [2.05, 4.69) is 23.6 Å². The number of ether oxygens (including phenoxy) is 4. The van der Waals surface area contributed by atoms with Crippen LogP contribution in [0.1, 0.15) is 69.0 Å². The summed E-state index contributed by atoms with van der Waals surface area (Å²) in [6.45, 7) is 6.35. The molecule has 2 heterocycles. The Bertz CT molecular complexity index is 1200. The predicted molar refractivity (Wildman–Crippen MR) is 159 cm³/mol. The molecule has 2 aliphatic rings. The van der Waals surface area contributed by atoms with Crippen LogP contribution in [0.25, 0.3) is 0 Å². The summed E-state index contributed by atoms with van der Waals surface area (Å²) in [4.78, 5) is 36.4. The summed E-state index contributed by atoms with van der Waals surface area (Å²) in [5.41, 5.74) is 1.76. The van der Waals surface area contributed by atoms with E-state index in [1.54, 1.807) is 7.11 Å². The molecule has 1 amide bonds. The zero-order chi connectivity index (χ0) is 31.5. The van der Waals surface area contributed by atoms with Crippen LogP contribution >= 0.6 is 0 Å². The van der Waals surface area contributed by atoms with Crippen molar-refractivity contribution in [2.45, 2.75) is 57.9 Å². The molecular formula is C32H45N3O9. The number of hydrogen-bond acceptors (Lipinski definition) is 11. The number of rotatable bonds is 17. The van der Waals surface area contributed by atoms with Crippen molar-refractivity contribution in [3.05, 3.63) is 53.6 Å². The molecule has 12 nitrogen and oxygen atoms in total. The van der Waals surface area contributed by atoms with Gasteiger partial charge in [-0.1, -0.05) is 44.9 Å². The van der Waals surface area contributed by atoms with Crippen LogP contribution in [0.5, 0.6) is 17.2 Å². The van der Waals surface area contributed by atoms with Crippen molar-refractivity contribution in [1.29, 1.82) is 0 Å². The molecular weight excluding hydrogens is 570 g/mol. The van der Waals surface area contributed by atoms with Crippen LogP contribution in [0.15, 0.2) is 42.5 Å². The first-order valence-electron chi connectivity index (χ1n) is 15.4. The van der Waals surface area contributed by atoms with Gasteiger partial charge < -0.3 is 23.8 Å². The van der Waals surface area contributed by atoms with E-state index >= 15 is 0 Å². The number of carbonyl (C=O) groups excluding carboxylic acids is 2. The average molecular weight is 616 g/mol. The maximum Gasteiger partial charge on any atom is 0.311 e. The number of nitrogens with zero attached hydrogens (tertiary/aromatic N) is 3. The second kappa shape index (κ2) is 16.6. The van der Waals surface area contributed by atoms with Gasteiger partial charge in [-0.05, 0) is 48.2 Å². The number of methoxy groups -OCH3 is 1. The van der Waals surface area contributed by atoms with Crippen LogP contribution in [-0.2, 0) is 19.2 Å². The second-order valence-corrected chi connectivity index (χ2v) is 11.1. The molecule has 2 aliphatic heterocycles. The van der Waals surface area contributed by atoms with Gasteiger partial charge in [-0.25, -0.2) is 0 Å². The van der Waals surface area contributed by atoms with Crippen molar-refractivity contribution in [3.8, 4) is 17.2 Å². The normalized spacial score (nSPS) is 19.4. The standard InChI is InChI=1S/C32H45N3O9/c1-4-6-15-33(16-7-5-2)29(36)21-34-20-26(24-11-14-27-28(19-24)43-22-42-27)30(32(37)41-17-8-18-44-35(38)39)31(34)23-9-12-25(40-3)13-10-23/h9-14,19,26,30-31,38-39H,4-8,15-18,20-22H2,1-3H3/t26?,30-,31?/m1/s1. The van der Waals surface area contributed by atoms with E-state index in [0.29, 0.717) is 36.9 Å². The maximum atomic E-state index is 13.9. The second-order valence-electron chi connectivity index (χ2n) is 11.1. The number of esters is 1. The first kappa shape index (κ1) is 33.5. The van der Waals surface area contributed by atoms with Crippen molar-refractivity contribution in [2.75, 3.05) is 53.3 Å². The molecule has 3 atom stereocenters. The summed E-state index contributed by atoms with van der Waals surface area (Å²) in [7, 11) is 1.60. The topological polar surface area (TPSA) is 130 Å². The third kappa shape index (κ3) is 8.60. The van der Waals surface area contributed by atoms with Gasteiger partial charge in [0.1, 0.15) is 5.75 Å². The molecule has 44 heavy (non-hydrogen) atoms. The van der Waals surface area contributed by atoms with Gasteiger partial charge in [0.05, 0.1) is 38.2 Å². The van der Waals surface area contributed by atoms with E-state index in [0.717, 1.165) is 36.8 Å². The SMILES string of the molecule is CCCCN(CCCC)C(=O)CN1CC(c2ccc3c(c2)OCO3)[C@@H](C(=O)OCCCON(O)O)C1c1ccc(OC)cc1. The Hall–Kier alpha value is -3.42. The van der Waals surface area contributed by atoms with Crippen molar-refractivity contribution < 1.29 is 43.8 Å². The monoisotopic (exact) mass is 615 g/mol. The number of fused-ring (bicyclic) bond motifs is 1. The molecule has 0 aromatic heterocycles. The fraction of sp³-hybridized carbons (Fsp3) is 0.562. The minimum Gasteiger partial charge on any atom is -0.497 e. The van der Waals surface area contributed by atoms with Crippen LogP contribution in [0.3, 0.4) is 0 Å². The Morgan fingerprint density at radius 2 is 1.61 bits per heavy atom. The molecule has 0 spiro atoms. The minimum absolute atomic E-state index is 0.0209. The number of carbonyl (C=O) groups is 2.